The Hall–Kier alpha value is -3.86. The molecule has 4 aromatic carbocycles. The van der Waals surface area contributed by atoms with E-state index in [1.54, 1.807) is 29.2 Å². The Kier molecular flexibility index (Phi) is 6.64. The van der Waals surface area contributed by atoms with Gasteiger partial charge in [0.15, 0.2) is 0 Å². The summed E-state index contributed by atoms with van der Waals surface area (Å²) >= 11 is 12.7. The lowest BCUT2D eigenvalue weighted by Crippen LogP contribution is -2.26. The molecule has 1 aliphatic heterocycles. The first kappa shape index (κ1) is 23.9. The molecule has 0 atom stereocenters. The number of nitrogens with zero attached hydrogens (tertiary/aromatic N) is 1. The van der Waals surface area contributed by atoms with E-state index in [2.05, 4.69) is 0 Å². The van der Waals surface area contributed by atoms with Crippen LogP contribution in [0.1, 0.15) is 32.6 Å². The molecule has 0 aromatic heterocycles. The van der Waals surface area contributed by atoms with Gasteiger partial charge in [0, 0.05) is 21.2 Å². The van der Waals surface area contributed by atoms with E-state index in [4.69, 9.17) is 27.9 Å². The monoisotopic (exact) mass is 513 g/mol. The minimum Gasteiger partial charge on any atom is -0.465 e. The number of esters is 1. The highest BCUT2D eigenvalue weighted by molar-refractivity contribution is 6.39. The molecule has 0 saturated heterocycles. The smallest absolute Gasteiger partial charge is 0.337 e. The van der Waals surface area contributed by atoms with E-state index < -0.39 is 5.97 Å². The maximum Gasteiger partial charge on any atom is 0.337 e. The molecule has 0 radical (unpaired) electrons. The summed E-state index contributed by atoms with van der Waals surface area (Å²) in [4.78, 5) is 27.9. The van der Waals surface area contributed by atoms with Crippen LogP contribution in [0.3, 0.4) is 0 Å². The van der Waals surface area contributed by atoms with Crippen molar-refractivity contribution in [3.05, 3.63) is 135 Å². The van der Waals surface area contributed by atoms with Gasteiger partial charge in [0.1, 0.15) is 0 Å². The van der Waals surface area contributed by atoms with Gasteiger partial charge in [0.05, 0.1) is 30.5 Å². The molecule has 5 rings (SSSR count). The molecule has 4 aromatic rings. The molecule has 6 heteroatoms. The van der Waals surface area contributed by atoms with Crippen molar-refractivity contribution in [3.63, 3.8) is 0 Å². The highest BCUT2D eigenvalue weighted by atomic mass is 35.5. The van der Waals surface area contributed by atoms with E-state index >= 15 is 0 Å². The van der Waals surface area contributed by atoms with Gasteiger partial charge in [0.25, 0.3) is 5.91 Å². The van der Waals surface area contributed by atoms with Gasteiger partial charge in [-0.2, -0.15) is 0 Å². The summed E-state index contributed by atoms with van der Waals surface area (Å²) in [5.74, 6) is -0.565. The Morgan fingerprint density at radius 2 is 1.44 bits per heavy atom. The number of fused-ring (bicyclic) bond motifs is 1. The number of hydrogen-bond acceptors (Lipinski definition) is 3. The zero-order valence-corrected chi connectivity index (χ0v) is 20.9. The fourth-order valence-corrected chi connectivity index (χ4v) is 5.06. The second kappa shape index (κ2) is 10.0. The number of para-hydroxylation sites is 1. The van der Waals surface area contributed by atoms with Gasteiger partial charge in [0.2, 0.25) is 0 Å². The summed E-state index contributed by atoms with van der Waals surface area (Å²) in [5.41, 5.74) is 5.82. The van der Waals surface area contributed by atoms with Crippen LogP contribution in [0.5, 0.6) is 0 Å². The first-order chi connectivity index (χ1) is 17.5. The third kappa shape index (κ3) is 4.53. The Bertz CT molecular complexity index is 1490. The quantitative estimate of drug-likeness (QED) is 0.208. The Labute approximate surface area is 219 Å². The molecule has 0 N–H and O–H groups in total. The molecule has 0 saturated carbocycles. The molecule has 0 unspecified atom stereocenters. The van der Waals surface area contributed by atoms with Crippen molar-refractivity contribution in [3.8, 4) is 0 Å². The number of methoxy groups -OCH3 is 1. The first-order valence-corrected chi connectivity index (χ1v) is 12.1. The largest absolute Gasteiger partial charge is 0.465 e. The zero-order chi connectivity index (χ0) is 25.2. The van der Waals surface area contributed by atoms with Gasteiger partial charge >= 0.3 is 5.97 Å². The van der Waals surface area contributed by atoms with Gasteiger partial charge in [-0.3, -0.25) is 4.79 Å². The van der Waals surface area contributed by atoms with Crippen LogP contribution in [0.2, 0.25) is 10.0 Å². The molecule has 178 valence electrons. The summed E-state index contributed by atoms with van der Waals surface area (Å²) in [5, 5.41) is 0.975. The average Bonchev–Trinajstić information content (AvgIpc) is 3.15. The van der Waals surface area contributed by atoms with Crippen molar-refractivity contribution in [2.75, 3.05) is 12.0 Å². The van der Waals surface area contributed by atoms with Crippen LogP contribution in [-0.2, 0) is 16.1 Å². The Balaban J connectivity index is 1.69. The fraction of sp³-hybridized carbons (Fsp3) is 0.0667. The molecular formula is C30H21Cl2NO3. The van der Waals surface area contributed by atoms with Crippen LogP contribution >= 0.6 is 23.2 Å². The van der Waals surface area contributed by atoms with Crippen LogP contribution in [0.25, 0.3) is 11.1 Å². The van der Waals surface area contributed by atoms with E-state index in [0.717, 1.165) is 33.5 Å². The van der Waals surface area contributed by atoms with Crippen molar-refractivity contribution in [2.45, 2.75) is 6.54 Å². The van der Waals surface area contributed by atoms with Gasteiger partial charge < -0.3 is 9.64 Å². The average molecular weight is 514 g/mol. The molecule has 1 amide bonds. The number of ether oxygens (including phenoxy) is 1. The van der Waals surface area contributed by atoms with E-state index in [0.29, 0.717) is 27.7 Å². The van der Waals surface area contributed by atoms with Crippen molar-refractivity contribution in [1.82, 2.24) is 0 Å². The second-order valence-electron chi connectivity index (χ2n) is 8.37. The summed E-state index contributed by atoms with van der Waals surface area (Å²) in [7, 11) is 1.35. The first-order valence-electron chi connectivity index (χ1n) is 11.3. The van der Waals surface area contributed by atoms with E-state index in [1.165, 1.54) is 7.11 Å². The topological polar surface area (TPSA) is 46.6 Å². The molecule has 1 heterocycles. The van der Waals surface area contributed by atoms with Crippen LogP contribution in [-0.4, -0.2) is 19.0 Å². The van der Waals surface area contributed by atoms with Gasteiger partial charge in [-0.15, -0.1) is 0 Å². The van der Waals surface area contributed by atoms with Crippen molar-refractivity contribution >= 4 is 51.9 Å². The predicted molar refractivity (Wildman–Crippen MR) is 144 cm³/mol. The molecule has 0 bridgehead atoms. The molecule has 0 spiro atoms. The Morgan fingerprint density at radius 3 is 2.17 bits per heavy atom. The normalized spacial score (nSPS) is 14.0. The second-order valence-corrected chi connectivity index (χ2v) is 9.25. The minimum absolute atomic E-state index is 0.144. The van der Waals surface area contributed by atoms with Crippen molar-refractivity contribution in [1.29, 1.82) is 0 Å². The SMILES string of the molecule is COC(=O)c1cccc(CN2C(=O)/C(=C(\c3ccccc3)c3cc(Cl)cc(Cl)c3)c3ccccc32)c1. The number of anilines is 1. The van der Waals surface area contributed by atoms with Crippen LogP contribution < -0.4 is 4.90 Å². The lowest BCUT2D eigenvalue weighted by molar-refractivity contribution is -0.113. The summed E-state index contributed by atoms with van der Waals surface area (Å²) < 4.78 is 4.86. The number of amides is 1. The number of halogens is 2. The van der Waals surface area contributed by atoms with Gasteiger partial charge in [-0.25, -0.2) is 4.79 Å². The van der Waals surface area contributed by atoms with E-state index in [9.17, 15) is 9.59 Å². The highest BCUT2D eigenvalue weighted by Gasteiger charge is 2.35. The molecular weight excluding hydrogens is 493 g/mol. The number of carbonyl (C=O) groups excluding carboxylic acids is 2. The summed E-state index contributed by atoms with van der Waals surface area (Å²) in [6, 6.07) is 29.9. The lowest BCUT2D eigenvalue weighted by atomic mass is 9.90. The molecule has 0 fully saturated rings. The van der Waals surface area contributed by atoms with Gasteiger partial charge in [-0.1, -0.05) is 83.9 Å². The molecule has 36 heavy (non-hydrogen) atoms. The van der Waals surface area contributed by atoms with Crippen LogP contribution in [0, 0.1) is 0 Å². The van der Waals surface area contributed by atoms with Crippen molar-refractivity contribution in [2.24, 2.45) is 0 Å². The third-order valence-electron chi connectivity index (χ3n) is 6.08. The standard InChI is InChI=1S/C30H21Cl2NO3/c1-36-30(35)21-11-7-8-19(14-21)18-33-26-13-6-5-12-25(26)28(29(33)34)27(20-9-3-2-4-10-20)22-15-23(31)17-24(32)16-22/h2-17H,18H2,1H3/b28-27+. The summed E-state index contributed by atoms with van der Waals surface area (Å²) in [6.45, 7) is 0.294. The minimum atomic E-state index is -0.421. The molecule has 4 nitrogen and oxygen atoms in total. The molecule has 1 aliphatic rings. The molecule has 0 aliphatic carbocycles. The highest BCUT2D eigenvalue weighted by Crippen LogP contribution is 2.44. The number of carbonyl (C=O) groups is 2. The van der Waals surface area contributed by atoms with Crippen molar-refractivity contribution < 1.29 is 14.3 Å². The van der Waals surface area contributed by atoms with E-state index in [-0.39, 0.29) is 5.91 Å². The zero-order valence-electron chi connectivity index (χ0n) is 19.4. The van der Waals surface area contributed by atoms with Crippen LogP contribution in [0.4, 0.5) is 5.69 Å². The van der Waals surface area contributed by atoms with Crippen LogP contribution in [0.15, 0.2) is 97.1 Å². The maximum atomic E-state index is 14.1. The fourth-order valence-electron chi connectivity index (χ4n) is 4.53. The van der Waals surface area contributed by atoms with Gasteiger partial charge in [-0.05, 0) is 53.1 Å². The maximum absolute atomic E-state index is 14.1. The number of rotatable bonds is 5. The summed E-state index contributed by atoms with van der Waals surface area (Å²) in [6.07, 6.45) is 0. The lowest BCUT2D eigenvalue weighted by Gasteiger charge is -2.18. The predicted octanol–water partition coefficient (Wildman–Crippen LogP) is 7.29. The third-order valence-corrected chi connectivity index (χ3v) is 6.51. The number of benzene rings is 4. The van der Waals surface area contributed by atoms with E-state index in [1.807, 2.05) is 72.8 Å². The number of hydrogen-bond donors (Lipinski definition) is 0. The Morgan fingerprint density at radius 1 is 0.778 bits per heavy atom.